The molecule has 0 aliphatic heterocycles. The lowest BCUT2D eigenvalue weighted by molar-refractivity contribution is -0.117. The molecule has 1 nitrogen and oxygen atoms in total. The maximum absolute atomic E-state index is 11.8. The third kappa shape index (κ3) is 3.29. The highest BCUT2D eigenvalue weighted by molar-refractivity contribution is 9.10. The second-order valence-corrected chi connectivity index (χ2v) is 5.55. The molecule has 0 spiro atoms. The van der Waals surface area contributed by atoms with Crippen molar-refractivity contribution in [3.05, 3.63) is 56.7 Å². The first-order valence-corrected chi connectivity index (χ1v) is 6.70. The molecule has 0 saturated heterocycles. The van der Waals surface area contributed by atoms with Crippen LogP contribution in [-0.4, -0.2) is 5.78 Å². The second-order valence-electron chi connectivity index (χ2n) is 3.60. The molecule has 1 aromatic carbocycles. The van der Waals surface area contributed by atoms with E-state index in [0.717, 1.165) is 14.9 Å². The summed E-state index contributed by atoms with van der Waals surface area (Å²) in [6.07, 6.45) is 1.07. The number of carbonyl (C=O) groups is 1. The molecule has 0 saturated carbocycles. The van der Waals surface area contributed by atoms with Crippen LogP contribution in [0.15, 0.2) is 46.3 Å². The zero-order chi connectivity index (χ0) is 11.4. The van der Waals surface area contributed by atoms with Gasteiger partial charge in [0, 0.05) is 22.2 Å². The highest BCUT2D eigenvalue weighted by Gasteiger charge is 2.05. The molecule has 0 bridgehead atoms. The van der Waals surface area contributed by atoms with Crippen LogP contribution in [0.5, 0.6) is 0 Å². The minimum atomic E-state index is 0.268. The van der Waals surface area contributed by atoms with Gasteiger partial charge in [-0.15, -0.1) is 11.3 Å². The van der Waals surface area contributed by atoms with Gasteiger partial charge in [0.1, 0.15) is 5.78 Å². The fraction of sp³-hybridized carbons (Fsp3) is 0.154. The van der Waals surface area contributed by atoms with Crippen LogP contribution < -0.4 is 0 Å². The van der Waals surface area contributed by atoms with Crippen molar-refractivity contribution in [3.8, 4) is 0 Å². The molecule has 0 aliphatic rings. The zero-order valence-corrected chi connectivity index (χ0v) is 11.1. The van der Waals surface area contributed by atoms with Gasteiger partial charge < -0.3 is 0 Å². The fourth-order valence-corrected chi connectivity index (χ4v) is 2.50. The molecule has 0 amide bonds. The summed E-state index contributed by atoms with van der Waals surface area (Å²) in [6.45, 7) is 0. The Kier molecular flexibility index (Phi) is 3.91. The van der Waals surface area contributed by atoms with Crippen molar-refractivity contribution < 1.29 is 4.79 Å². The lowest BCUT2D eigenvalue weighted by Crippen LogP contribution is -2.05. The number of hydrogen-bond donors (Lipinski definition) is 0. The molecular weight excluding hydrogens is 284 g/mol. The molecule has 0 N–H and O–H groups in total. The van der Waals surface area contributed by atoms with E-state index in [1.54, 1.807) is 11.3 Å². The molecule has 0 unspecified atom stereocenters. The smallest absolute Gasteiger partial charge is 0.142 e. The topological polar surface area (TPSA) is 17.1 Å². The molecule has 3 heteroatoms. The number of hydrogen-bond acceptors (Lipinski definition) is 2. The summed E-state index contributed by atoms with van der Waals surface area (Å²) in [5, 5.41) is 2.00. The van der Waals surface area contributed by atoms with E-state index in [2.05, 4.69) is 15.9 Å². The van der Waals surface area contributed by atoms with Gasteiger partial charge in [-0.05, 0) is 29.1 Å². The molecule has 0 aliphatic carbocycles. The number of rotatable bonds is 4. The summed E-state index contributed by atoms with van der Waals surface area (Å²) in [5.41, 5.74) is 1.07. The summed E-state index contributed by atoms with van der Waals surface area (Å²) >= 11 is 5.01. The van der Waals surface area contributed by atoms with Crippen LogP contribution in [0.3, 0.4) is 0 Å². The van der Waals surface area contributed by atoms with E-state index in [-0.39, 0.29) is 5.78 Å². The average Bonchev–Trinajstić information content (AvgIpc) is 2.74. The first-order chi connectivity index (χ1) is 7.74. The molecule has 82 valence electrons. The minimum Gasteiger partial charge on any atom is -0.299 e. The van der Waals surface area contributed by atoms with Gasteiger partial charge in [-0.25, -0.2) is 0 Å². The number of carbonyl (C=O) groups excluding carboxylic acids is 1. The summed E-state index contributed by atoms with van der Waals surface area (Å²) in [5.74, 6) is 0.268. The van der Waals surface area contributed by atoms with Crippen molar-refractivity contribution in [2.24, 2.45) is 0 Å². The molecule has 16 heavy (non-hydrogen) atoms. The van der Waals surface area contributed by atoms with E-state index in [1.807, 2.05) is 41.8 Å². The Labute approximate surface area is 107 Å². The SMILES string of the molecule is O=C(Cc1ccc(Br)cc1)Cc1cccs1. The Bertz CT molecular complexity index is 459. The summed E-state index contributed by atoms with van der Waals surface area (Å²) in [7, 11) is 0. The fourth-order valence-electron chi connectivity index (χ4n) is 1.50. The Morgan fingerprint density at radius 1 is 1.12 bits per heavy atom. The Morgan fingerprint density at radius 3 is 2.50 bits per heavy atom. The number of benzene rings is 1. The molecule has 0 atom stereocenters. The van der Waals surface area contributed by atoms with Crippen molar-refractivity contribution in [2.75, 3.05) is 0 Å². The van der Waals surface area contributed by atoms with Crippen molar-refractivity contribution in [3.63, 3.8) is 0 Å². The van der Waals surface area contributed by atoms with E-state index in [1.165, 1.54) is 0 Å². The number of thiophene rings is 1. The van der Waals surface area contributed by atoms with Crippen molar-refractivity contribution >= 4 is 33.0 Å². The normalized spacial score (nSPS) is 10.3. The van der Waals surface area contributed by atoms with Gasteiger partial charge in [-0.2, -0.15) is 0 Å². The van der Waals surface area contributed by atoms with Crippen LogP contribution in [0.1, 0.15) is 10.4 Å². The van der Waals surface area contributed by atoms with Crippen LogP contribution in [0.2, 0.25) is 0 Å². The third-order valence-electron chi connectivity index (χ3n) is 2.27. The monoisotopic (exact) mass is 294 g/mol. The number of ketones is 1. The van der Waals surface area contributed by atoms with E-state index < -0.39 is 0 Å². The van der Waals surface area contributed by atoms with Crippen LogP contribution in [-0.2, 0) is 17.6 Å². The van der Waals surface area contributed by atoms with Gasteiger partial charge in [0.25, 0.3) is 0 Å². The third-order valence-corrected chi connectivity index (χ3v) is 3.67. The maximum atomic E-state index is 11.8. The summed E-state index contributed by atoms with van der Waals surface area (Å²) in [6, 6.07) is 11.9. The predicted octanol–water partition coefficient (Wildman–Crippen LogP) is 3.86. The lowest BCUT2D eigenvalue weighted by atomic mass is 10.1. The van der Waals surface area contributed by atoms with Gasteiger partial charge >= 0.3 is 0 Å². The highest BCUT2D eigenvalue weighted by atomic mass is 79.9. The Balaban J connectivity index is 1.95. The summed E-state index contributed by atoms with van der Waals surface area (Å²) in [4.78, 5) is 12.9. The lowest BCUT2D eigenvalue weighted by Gasteiger charge is -2.00. The van der Waals surface area contributed by atoms with E-state index in [4.69, 9.17) is 0 Å². The Hall–Kier alpha value is -0.930. The van der Waals surface area contributed by atoms with E-state index in [0.29, 0.717) is 12.8 Å². The van der Waals surface area contributed by atoms with Gasteiger partial charge in [-0.1, -0.05) is 34.1 Å². The maximum Gasteiger partial charge on any atom is 0.142 e. The Morgan fingerprint density at radius 2 is 1.88 bits per heavy atom. The van der Waals surface area contributed by atoms with Crippen molar-refractivity contribution in [2.45, 2.75) is 12.8 Å². The highest BCUT2D eigenvalue weighted by Crippen LogP contribution is 2.13. The van der Waals surface area contributed by atoms with E-state index >= 15 is 0 Å². The first kappa shape index (κ1) is 11.6. The molecule has 1 heterocycles. The average molecular weight is 295 g/mol. The quantitative estimate of drug-likeness (QED) is 0.837. The van der Waals surface area contributed by atoms with Crippen molar-refractivity contribution in [1.82, 2.24) is 0 Å². The molecular formula is C13H11BrOS. The molecule has 2 rings (SSSR count). The van der Waals surface area contributed by atoms with E-state index in [9.17, 15) is 4.79 Å². The van der Waals surface area contributed by atoms with Gasteiger partial charge in [0.15, 0.2) is 0 Å². The molecule has 2 aromatic rings. The summed E-state index contributed by atoms with van der Waals surface area (Å²) < 4.78 is 1.04. The first-order valence-electron chi connectivity index (χ1n) is 5.02. The standard InChI is InChI=1S/C13H11BrOS/c14-11-5-3-10(4-6-11)8-12(15)9-13-2-1-7-16-13/h1-7H,8-9H2. The van der Waals surface area contributed by atoms with Crippen LogP contribution in [0.4, 0.5) is 0 Å². The minimum absolute atomic E-state index is 0.268. The second kappa shape index (κ2) is 5.41. The van der Waals surface area contributed by atoms with Crippen LogP contribution in [0.25, 0.3) is 0 Å². The van der Waals surface area contributed by atoms with Crippen LogP contribution >= 0.6 is 27.3 Å². The number of halogens is 1. The van der Waals surface area contributed by atoms with Gasteiger partial charge in [0.05, 0.1) is 0 Å². The predicted molar refractivity (Wildman–Crippen MR) is 70.9 cm³/mol. The molecule has 1 aromatic heterocycles. The molecule has 0 radical (unpaired) electrons. The molecule has 0 fully saturated rings. The van der Waals surface area contributed by atoms with Crippen LogP contribution in [0, 0.1) is 0 Å². The van der Waals surface area contributed by atoms with Gasteiger partial charge in [0.2, 0.25) is 0 Å². The largest absolute Gasteiger partial charge is 0.299 e. The van der Waals surface area contributed by atoms with Gasteiger partial charge in [-0.3, -0.25) is 4.79 Å². The number of Topliss-reactive ketones (excluding diaryl/α,β-unsaturated/α-hetero) is 1. The zero-order valence-electron chi connectivity index (χ0n) is 8.65. The van der Waals surface area contributed by atoms with Crippen molar-refractivity contribution in [1.29, 1.82) is 0 Å².